The van der Waals surface area contributed by atoms with E-state index in [0.717, 1.165) is 5.56 Å². The molecule has 0 heterocycles. The second-order valence-corrected chi connectivity index (χ2v) is 6.28. The molecule has 6 nitrogen and oxygen atoms in total. The van der Waals surface area contributed by atoms with E-state index in [2.05, 4.69) is 10.6 Å². The first-order valence-corrected chi connectivity index (χ1v) is 8.28. The van der Waals surface area contributed by atoms with Crippen molar-refractivity contribution in [2.45, 2.75) is 19.4 Å². The summed E-state index contributed by atoms with van der Waals surface area (Å²) in [5, 5.41) is 14.3. The zero-order valence-electron chi connectivity index (χ0n) is 12.1. The van der Waals surface area contributed by atoms with Crippen LogP contribution in [-0.2, 0) is 17.2 Å². The van der Waals surface area contributed by atoms with Crippen molar-refractivity contribution in [2.24, 2.45) is 0 Å². The van der Waals surface area contributed by atoms with E-state index in [-0.39, 0.29) is 17.6 Å². The van der Waals surface area contributed by atoms with Gasteiger partial charge in [0.15, 0.2) is 0 Å². The van der Waals surface area contributed by atoms with Crippen LogP contribution in [0.15, 0.2) is 24.3 Å². The molecular formula is C14H20N2O4S. The quantitative estimate of drug-likeness (QED) is 0.700. The van der Waals surface area contributed by atoms with Gasteiger partial charge in [-0.3, -0.25) is 4.21 Å². The van der Waals surface area contributed by atoms with Crippen LogP contribution in [0, 0.1) is 0 Å². The Morgan fingerprint density at radius 3 is 2.71 bits per heavy atom. The molecule has 0 bridgehead atoms. The van der Waals surface area contributed by atoms with E-state index in [4.69, 9.17) is 5.11 Å². The Labute approximate surface area is 126 Å². The van der Waals surface area contributed by atoms with E-state index in [1.165, 1.54) is 6.07 Å². The number of hydrogen-bond donors (Lipinski definition) is 3. The number of benzene rings is 1. The van der Waals surface area contributed by atoms with Crippen molar-refractivity contribution in [2.75, 3.05) is 18.6 Å². The lowest BCUT2D eigenvalue weighted by atomic mass is 10.1. The number of amides is 2. The van der Waals surface area contributed by atoms with Crippen molar-refractivity contribution in [3.8, 4) is 0 Å². The molecule has 1 aromatic carbocycles. The Bertz CT molecular complexity index is 533. The number of hydrogen-bond acceptors (Lipinski definition) is 3. The van der Waals surface area contributed by atoms with E-state index in [1.807, 2.05) is 6.07 Å². The van der Waals surface area contributed by atoms with Crippen molar-refractivity contribution in [3.05, 3.63) is 35.4 Å². The molecule has 0 aromatic heterocycles. The molecule has 0 aliphatic carbocycles. The van der Waals surface area contributed by atoms with Crippen LogP contribution >= 0.6 is 0 Å². The summed E-state index contributed by atoms with van der Waals surface area (Å²) in [7, 11) is -0.953. The van der Waals surface area contributed by atoms with Gasteiger partial charge in [0.2, 0.25) is 0 Å². The third-order valence-electron chi connectivity index (χ3n) is 2.74. The lowest BCUT2D eigenvalue weighted by Gasteiger charge is -2.13. The third-order valence-corrected chi connectivity index (χ3v) is 3.70. The maximum Gasteiger partial charge on any atom is 0.335 e. The molecule has 21 heavy (non-hydrogen) atoms. The number of aromatic carboxylic acids is 1. The number of carbonyl (C=O) groups excluding carboxylic acids is 1. The first-order chi connectivity index (χ1) is 9.88. The average Bonchev–Trinajstić information content (AvgIpc) is 2.37. The van der Waals surface area contributed by atoms with Crippen LogP contribution in [0.25, 0.3) is 0 Å². The Kier molecular flexibility index (Phi) is 6.87. The first kappa shape index (κ1) is 17.2. The molecule has 2 unspecified atom stereocenters. The van der Waals surface area contributed by atoms with Gasteiger partial charge >= 0.3 is 12.0 Å². The van der Waals surface area contributed by atoms with Gasteiger partial charge in [-0.25, -0.2) is 9.59 Å². The predicted octanol–water partition coefficient (Wildman–Crippen LogP) is 0.993. The molecule has 0 spiro atoms. The smallest absolute Gasteiger partial charge is 0.335 e. The maximum atomic E-state index is 11.6. The van der Waals surface area contributed by atoms with Crippen LogP contribution in [0.5, 0.6) is 0 Å². The molecular weight excluding hydrogens is 292 g/mol. The number of carboxylic acid groups (broad SMARTS) is 1. The van der Waals surface area contributed by atoms with E-state index in [1.54, 1.807) is 25.3 Å². The topological polar surface area (TPSA) is 95.5 Å². The standard InChI is InChI=1S/C14H20N2O4S/c1-10(9-21(2)20)16-14(19)15-7-6-11-4-3-5-12(8-11)13(17)18/h3-5,8,10H,6-7,9H2,1-2H3,(H,17,18)(H2,15,16,19). The van der Waals surface area contributed by atoms with E-state index >= 15 is 0 Å². The van der Waals surface area contributed by atoms with Gasteiger partial charge < -0.3 is 15.7 Å². The number of rotatable bonds is 7. The van der Waals surface area contributed by atoms with E-state index in [0.29, 0.717) is 18.7 Å². The largest absolute Gasteiger partial charge is 0.478 e. The number of carbonyl (C=O) groups is 2. The average molecular weight is 312 g/mol. The lowest BCUT2D eigenvalue weighted by Crippen LogP contribution is -2.43. The second kappa shape index (κ2) is 8.41. The number of urea groups is 1. The molecule has 0 fully saturated rings. The summed E-state index contributed by atoms with van der Waals surface area (Å²) < 4.78 is 11.0. The third kappa shape index (κ3) is 6.89. The van der Waals surface area contributed by atoms with Gasteiger partial charge in [0.05, 0.1) is 5.56 Å². The number of nitrogens with one attached hydrogen (secondary N) is 2. The molecule has 0 saturated heterocycles. The summed E-state index contributed by atoms with van der Waals surface area (Å²) in [5.74, 6) is -0.558. The van der Waals surface area contributed by atoms with Crippen LogP contribution in [0.2, 0.25) is 0 Å². The van der Waals surface area contributed by atoms with E-state index in [9.17, 15) is 13.8 Å². The fourth-order valence-electron chi connectivity index (χ4n) is 1.85. The minimum atomic E-state index is -0.969. The van der Waals surface area contributed by atoms with Crippen molar-refractivity contribution in [1.82, 2.24) is 10.6 Å². The molecule has 3 N–H and O–H groups in total. The Balaban J connectivity index is 2.36. The van der Waals surface area contributed by atoms with Crippen LogP contribution < -0.4 is 10.6 Å². The highest BCUT2D eigenvalue weighted by Gasteiger charge is 2.08. The Morgan fingerprint density at radius 2 is 2.10 bits per heavy atom. The molecule has 0 aliphatic heterocycles. The molecule has 0 radical (unpaired) electrons. The SMILES string of the molecule is CC(CS(C)=O)NC(=O)NCCc1cccc(C(=O)O)c1. The minimum Gasteiger partial charge on any atom is -0.478 e. The summed E-state index contributed by atoms with van der Waals surface area (Å²) in [6.07, 6.45) is 2.13. The lowest BCUT2D eigenvalue weighted by molar-refractivity contribution is 0.0696. The summed E-state index contributed by atoms with van der Waals surface area (Å²) in [5.41, 5.74) is 1.08. The van der Waals surface area contributed by atoms with Crippen molar-refractivity contribution in [3.63, 3.8) is 0 Å². The fraction of sp³-hybridized carbons (Fsp3) is 0.429. The van der Waals surface area contributed by atoms with Crippen molar-refractivity contribution < 1.29 is 18.9 Å². The van der Waals surface area contributed by atoms with E-state index < -0.39 is 16.8 Å². The van der Waals surface area contributed by atoms with Gasteiger partial charge in [0.1, 0.15) is 0 Å². The molecule has 0 aliphatic rings. The van der Waals surface area contributed by atoms with Gasteiger partial charge in [-0.1, -0.05) is 12.1 Å². The van der Waals surface area contributed by atoms with Crippen molar-refractivity contribution in [1.29, 1.82) is 0 Å². The fourth-order valence-corrected chi connectivity index (χ4v) is 2.64. The summed E-state index contributed by atoms with van der Waals surface area (Å²) in [6.45, 7) is 2.19. The highest BCUT2D eigenvalue weighted by molar-refractivity contribution is 7.84. The molecule has 1 aromatic rings. The van der Waals surface area contributed by atoms with Crippen LogP contribution in [0.1, 0.15) is 22.8 Å². The maximum absolute atomic E-state index is 11.6. The summed E-state index contributed by atoms with van der Waals surface area (Å²) in [4.78, 5) is 22.4. The van der Waals surface area contributed by atoms with Crippen LogP contribution in [0.4, 0.5) is 4.79 Å². The van der Waals surface area contributed by atoms with Crippen LogP contribution in [0.3, 0.4) is 0 Å². The summed E-state index contributed by atoms with van der Waals surface area (Å²) >= 11 is 0. The van der Waals surface area contributed by atoms with Crippen molar-refractivity contribution >= 4 is 22.8 Å². The molecule has 0 saturated carbocycles. The highest BCUT2D eigenvalue weighted by atomic mass is 32.2. The second-order valence-electron chi connectivity index (χ2n) is 4.80. The number of carboxylic acids is 1. The molecule has 2 atom stereocenters. The minimum absolute atomic E-state index is 0.161. The zero-order chi connectivity index (χ0) is 15.8. The van der Waals surface area contributed by atoms with Crippen LogP contribution in [-0.4, -0.2) is 45.9 Å². The first-order valence-electron chi connectivity index (χ1n) is 6.55. The zero-order valence-corrected chi connectivity index (χ0v) is 12.9. The molecule has 1 rings (SSSR count). The predicted molar refractivity (Wildman–Crippen MR) is 82.0 cm³/mol. The Hall–Kier alpha value is -1.89. The van der Waals surface area contributed by atoms with Gasteiger partial charge in [0.25, 0.3) is 0 Å². The molecule has 2 amide bonds. The monoisotopic (exact) mass is 312 g/mol. The summed E-state index contributed by atoms with van der Waals surface area (Å²) in [6, 6.07) is 6.13. The van der Waals surface area contributed by atoms with Gasteiger partial charge in [-0.05, 0) is 31.0 Å². The molecule has 116 valence electrons. The highest BCUT2D eigenvalue weighted by Crippen LogP contribution is 2.05. The van der Waals surface area contributed by atoms with Gasteiger partial charge in [-0.2, -0.15) is 0 Å². The molecule has 7 heteroatoms. The van der Waals surface area contributed by atoms with Gasteiger partial charge in [0, 0.05) is 35.4 Å². The normalized spacial score (nSPS) is 13.2. The Morgan fingerprint density at radius 1 is 1.38 bits per heavy atom. The van der Waals surface area contributed by atoms with Gasteiger partial charge in [-0.15, -0.1) is 0 Å².